The molecule has 0 spiro atoms. The van der Waals surface area contributed by atoms with E-state index in [-0.39, 0.29) is 53.2 Å². The van der Waals surface area contributed by atoms with Crippen molar-refractivity contribution in [1.29, 1.82) is 0 Å². The molecule has 0 unspecified atom stereocenters. The molecule has 26 heteroatoms. The van der Waals surface area contributed by atoms with Gasteiger partial charge in [0.2, 0.25) is 0 Å². The Morgan fingerprint density at radius 3 is 1.60 bits per heavy atom. The van der Waals surface area contributed by atoms with Gasteiger partial charge in [0.25, 0.3) is 10.1 Å². The molecular weight excluding hydrogens is 753 g/mol. The van der Waals surface area contributed by atoms with Gasteiger partial charge in [-0.3, -0.25) is 12.9 Å². The van der Waals surface area contributed by atoms with Crippen LogP contribution in [0.1, 0.15) is 0 Å². The smallest absolute Gasteiger partial charge is 0.296 e. The van der Waals surface area contributed by atoms with Crippen LogP contribution in [0.4, 0.5) is 22.7 Å². The Labute approximate surface area is 279 Å². The summed E-state index contributed by atoms with van der Waals surface area (Å²) in [6, 6.07) is 9.45. The average molecular weight is 775 g/mol. The predicted molar refractivity (Wildman–Crippen MR) is 162 cm³/mol. The van der Waals surface area contributed by atoms with E-state index < -0.39 is 74.9 Å². The molecule has 3 rings (SSSR count). The lowest BCUT2D eigenvalue weighted by atomic mass is 10.2. The second kappa shape index (κ2) is 17.9. The molecule has 0 amide bonds. The zero-order chi connectivity index (χ0) is 35.4. The van der Waals surface area contributed by atoms with Crippen LogP contribution in [0, 0.1) is 0 Å². The van der Waals surface area contributed by atoms with Crippen LogP contribution >= 0.6 is 24.6 Å². The van der Waals surface area contributed by atoms with E-state index in [1.165, 1.54) is 24.3 Å². The lowest BCUT2D eigenvalue weighted by Crippen LogP contribution is -2.12. The Bertz CT molecular complexity index is 1940. The van der Waals surface area contributed by atoms with Crippen molar-refractivity contribution < 1.29 is 77.6 Å². The molecule has 0 aliphatic heterocycles. The fourth-order valence-corrected chi connectivity index (χ4v) is 6.85. The first-order chi connectivity index (χ1) is 22.7. The molecule has 3 aromatic carbocycles. The predicted octanol–water partition coefficient (Wildman–Crippen LogP) is 4.72. The van der Waals surface area contributed by atoms with E-state index in [2.05, 4.69) is 43.4 Å². The maximum absolute atomic E-state index is 12.6. The minimum atomic E-state index is -5.05. The molecule has 0 saturated carbocycles. The Hall–Kier alpha value is -3.35. The minimum Gasteiger partial charge on any atom is -0.505 e. The zero-order valence-electron chi connectivity index (χ0n) is 23.5. The number of azo groups is 2. The number of phenolic OH excluding ortho intramolecular Hbond substituents is 2. The lowest BCUT2D eigenvalue weighted by molar-refractivity contribution is -0.434. The number of phenols is 2. The molecule has 0 saturated heterocycles. The SMILES string of the molecule is O=S(=O)(O)c1cc(S(=O)(=O)CCOSOOO)ccc1/N=N/c1cc(/N=N/c2ccc(S(=O)(=O)CCOSOOO)cc2)c(O)cc1O. The van der Waals surface area contributed by atoms with Gasteiger partial charge < -0.3 is 10.2 Å². The maximum Gasteiger partial charge on any atom is 0.296 e. The van der Waals surface area contributed by atoms with E-state index in [1.807, 2.05) is 0 Å². The van der Waals surface area contributed by atoms with Crippen LogP contribution in [0.5, 0.6) is 11.5 Å². The van der Waals surface area contributed by atoms with Crippen molar-refractivity contribution in [2.24, 2.45) is 20.5 Å². The number of benzene rings is 3. The van der Waals surface area contributed by atoms with Gasteiger partial charge in [0, 0.05) is 12.1 Å². The van der Waals surface area contributed by atoms with E-state index in [9.17, 15) is 40.0 Å². The molecule has 3 aromatic rings. The van der Waals surface area contributed by atoms with Crippen molar-refractivity contribution in [2.45, 2.75) is 14.7 Å². The van der Waals surface area contributed by atoms with E-state index in [0.29, 0.717) is 6.07 Å². The summed E-state index contributed by atoms with van der Waals surface area (Å²) in [6.07, 6.45) is 0. The van der Waals surface area contributed by atoms with Crippen molar-refractivity contribution in [3.8, 4) is 11.5 Å². The van der Waals surface area contributed by atoms with Gasteiger partial charge in [-0.1, -0.05) is 10.1 Å². The Balaban J connectivity index is 1.80. The Kier molecular flexibility index (Phi) is 14.6. The number of sulfone groups is 2. The Morgan fingerprint density at radius 2 is 1.08 bits per heavy atom. The van der Waals surface area contributed by atoms with Crippen molar-refractivity contribution in [3.05, 3.63) is 54.6 Å². The van der Waals surface area contributed by atoms with Gasteiger partial charge in [0.05, 0.1) is 40.2 Å². The van der Waals surface area contributed by atoms with E-state index in [0.717, 1.165) is 24.3 Å². The molecule has 262 valence electrons. The van der Waals surface area contributed by atoms with Crippen molar-refractivity contribution in [1.82, 2.24) is 0 Å². The molecule has 0 aromatic heterocycles. The summed E-state index contributed by atoms with van der Waals surface area (Å²) < 4.78 is 101. The average Bonchev–Trinajstić information content (AvgIpc) is 3.03. The normalized spacial score (nSPS) is 12.7. The molecule has 21 nitrogen and oxygen atoms in total. The quantitative estimate of drug-likeness (QED) is 0.0274. The van der Waals surface area contributed by atoms with Crippen molar-refractivity contribution in [2.75, 3.05) is 24.7 Å². The van der Waals surface area contributed by atoms with E-state index >= 15 is 0 Å². The van der Waals surface area contributed by atoms with Crippen LogP contribution in [-0.2, 0) is 56.9 Å². The fourth-order valence-electron chi connectivity index (χ4n) is 3.29. The molecule has 5 N–H and O–H groups in total. The number of nitrogens with zero attached hydrogens (tertiary/aromatic N) is 4. The highest BCUT2D eigenvalue weighted by molar-refractivity contribution is 7.92. The van der Waals surface area contributed by atoms with Gasteiger partial charge in [0.1, 0.15) is 33.5 Å². The molecular formula is C22H22N4O17S5. The first kappa shape index (κ1) is 39.1. The molecule has 0 heterocycles. The molecule has 0 atom stereocenters. The van der Waals surface area contributed by atoms with Gasteiger partial charge in [-0.15, -0.1) is 24.0 Å². The highest BCUT2D eigenvalue weighted by atomic mass is 32.2. The number of hydrogen-bond acceptors (Lipinski definition) is 22. The molecule has 0 bridgehead atoms. The molecule has 0 aliphatic carbocycles. The lowest BCUT2D eigenvalue weighted by Gasteiger charge is -2.08. The Morgan fingerprint density at radius 1 is 0.604 bits per heavy atom. The number of rotatable bonds is 19. The second-order valence-electron chi connectivity index (χ2n) is 8.53. The first-order valence-electron chi connectivity index (χ1n) is 12.3. The molecule has 48 heavy (non-hydrogen) atoms. The third-order valence-electron chi connectivity index (χ3n) is 5.46. The van der Waals surface area contributed by atoms with Gasteiger partial charge in [0.15, 0.2) is 44.3 Å². The van der Waals surface area contributed by atoms with Crippen LogP contribution < -0.4 is 0 Å². The second-order valence-corrected chi connectivity index (χ2v) is 15.2. The van der Waals surface area contributed by atoms with Crippen LogP contribution in [-0.4, -0.2) is 75.3 Å². The van der Waals surface area contributed by atoms with Gasteiger partial charge in [-0.2, -0.15) is 13.5 Å². The largest absolute Gasteiger partial charge is 0.505 e. The molecule has 0 radical (unpaired) electrons. The monoisotopic (exact) mass is 774 g/mol. The van der Waals surface area contributed by atoms with Crippen molar-refractivity contribution >= 4 is 77.2 Å². The highest BCUT2D eigenvalue weighted by Crippen LogP contribution is 2.40. The minimum absolute atomic E-state index is 0.0764. The topological polar surface area (TPSA) is 308 Å². The number of hydrogen-bond donors (Lipinski definition) is 5. The van der Waals surface area contributed by atoms with Crippen molar-refractivity contribution in [3.63, 3.8) is 0 Å². The highest BCUT2D eigenvalue weighted by Gasteiger charge is 2.23. The summed E-state index contributed by atoms with van der Waals surface area (Å²) in [5, 5.41) is 58.2. The number of aromatic hydroxyl groups is 2. The summed E-state index contributed by atoms with van der Waals surface area (Å²) in [7, 11) is -13.0. The summed E-state index contributed by atoms with van der Waals surface area (Å²) in [6.45, 7) is -0.764. The summed E-state index contributed by atoms with van der Waals surface area (Å²) in [5.41, 5.74) is -0.993. The first-order valence-corrected chi connectivity index (χ1v) is 18.3. The van der Waals surface area contributed by atoms with Crippen LogP contribution in [0.15, 0.2) is 89.7 Å². The van der Waals surface area contributed by atoms with Crippen LogP contribution in [0.2, 0.25) is 0 Å². The maximum atomic E-state index is 12.6. The molecule has 0 aliphatic rings. The fraction of sp³-hybridized carbons (Fsp3) is 0.182. The summed E-state index contributed by atoms with van der Waals surface area (Å²) in [5.74, 6) is -2.30. The van der Waals surface area contributed by atoms with E-state index in [1.54, 1.807) is 0 Å². The van der Waals surface area contributed by atoms with Gasteiger partial charge >= 0.3 is 0 Å². The van der Waals surface area contributed by atoms with Gasteiger partial charge in [-0.05, 0) is 42.5 Å². The third kappa shape index (κ3) is 11.7. The molecule has 0 fully saturated rings. The van der Waals surface area contributed by atoms with E-state index in [4.69, 9.17) is 14.7 Å². The van der Waals surface area contributed by atoms with Crippen LogP contribution in [0.25, 0.3) is 0 Å². The summed E-state index contributed by atoms with van der Waals surface area (Å²) in [4.78, 5) is -1.55. The van der Waals surface area contributed by atoms with Gasteiger partial charge in [-0.25, -0.2) is 27.4 Å². The summed E-state index contributed by atoms with van der Waals surface area (Å²) >= 11 is 0.355. The standard InChI is InChI=1S/C22H22N4O17S5/c27-20-13-21(28)19(12-18(20)25-23-14-1-3-15(4-2-14)46(31,32)9-7-38-44-42-40-29)26-24-17-6-5-16(11-22(17)48(35,36)37)47(33,34)10-8-39-45-43-41-30/h1-6,11-13,27-30H,7-10H2,(H,35,36,37)/b25-23+,26-24+. The van der Waals surface area contributed by atoms with Crippen LogP contribution in [0.3, 0.4) is 0 Å². The zero-order valence-corrected chi connectivity index (χ0v) is 27.6. The third-order valence-corrected chi connectivity index (χ3v) is 10.5.